The van der Waals surface area contributed by atoms with Gasteiger partial charge in [-0.1, -0.05) is 35.2 Å². The quantitative estimate of drug-likeness (QED) is 0.680. The maximum Gasteiger partial charge on any atom is 0.0710 e. The van der Waals surface area contributed by atoms with Crippen LogP contribution in [0.3, 0.4) is 0 Å². The smallest absolute Gasteiger partial charge is 0.0710 e. The summed E-state index contributed by atoms with van der Waals surface area (Å²) in [4.78, 5) is 2.73. The number of rotatable bonds is 6. The first-order valence-electron chi connectivity index (χ1n) is 8.29. The number of hydrogen-bond donors (Lipinski definition) is 0. The minimum atomic E-state index is 0.311. The predicted octanol–water partition coefficient (Wildman–Crippen LogP) is 4.12. The molecule has 1 aliphatic heterocycles. The normalized spacial score (nSPS) is 30.3. The fourth-order valence-corrected chi connectivity index (χ4v) is 4.36. The molecular weight excluding hydrogens is 302 g/mol. The van der Waals surface area contributed by atoms with Crippen molar-refractivity contribution in [1.82, 2.24) is 4.90 Å². The average Bonchev–Trinajstić information content (AvgIpc) is 2.95. The van der Waals surface area contributed by atoms with Crippen LogP contribution in [-0.4, -0.2) is 41.1 Å². The minimum Gasteiger partial charge on any atom is -0.370 e. The van der Waals surface area contributed by atoms with Gasteiger partial charge in [0, 0.05) is 17.9 Å². The topological polar surface area (TPSA) is 12.5 Å². The highest BCUT2D eigenvalue weighted by atomic mass is 79.9. The van der Waals surface area contributed by atoms with E-state index in [1.165, 1.54) is 77.3 Å². The molecule has 3 rings (SSSR count). The molecule has 1 heterocycles. The standard InChI is InChI=1S/C16H28BrNO/c17-11-4-12-18(14-5-3-6-14)13-15-7-10-16(19-15)8-1-2-9-16/h14-15H,1-13H2. The molecule has 110 valence electrons. The summed E-state index contributed by atoms with van der Waals surface area (Å²) in [7, 11) is 0. The molecule has 2 saturated carbocycles. The maximum atomic E-state index is 6.49. The van der Waals surface area contributed by atoms with E-state index in [4.69, 9.17) is 4.74 Å². The molecule has 2 nitrogen and oxygen atoms in total. The van der Waals surface area contributed by atoms with Crippen molar-refractivity contribution in [1.29, 1.82) is 0 Å². The van der Waals surface area contributed by atoms with Gasteiger partial charge in [0.05, 0.1) is 11.7 Å². The molecule has 1 atom stereocenters. The fourth-order valence-electron chi connectivity index (χ4n) is 4.11. The molecule has 3 fully saturated rings. The van der Waals surface area contributed by atoms with Crippen LogP contribution in [0.15, 0.2) is 0 Å². The van der Waals surface area contributed by atoms with Gasteiger partial charge >= 0.3 is 0 Å². The first kappa shape index (κ1) is 14.3. The van der Waals surface area contributed by atoms with E-state index in [1.54, 1.807) is 0 Å². The van der Waals surface area contributed by atoms with Gasteiger partial charge in [-0.05, 0) is 51.5 Å². The highest BCUT2D eigenvalue weighted by molar-refractivity contribution is 9.09. The molecule has 0 amide bonds. The molecular formula is C16H28BrNO. The van der Waals surface area contributed by atoms with Gasteiger partial charge in [0.1, 0.15) is 0 Å². The van der Waals surface area contributed by atoms with Crippen LogP contribution >= 0.6 is 15.9 Å². The van der Waals surface area contributed by atoms with Gasteiger partial charge < -0.3 is 4.74 Å². The van der Waals surface area contributed by atoms with Gasteiger partial charge in [0.2, 0.25) is 0 Å². The summed E-state index contributed by atoms with van der Waals surface area (Å²) in [5.74, 6) is 0. The van der Waals surface area contributed by atoms with Crippen molar-refractivity contribution in [2.75, 3.05) is 18.4 Å². The predicted molar refractivity (Wildman–Crippen MR) is 82.9 cm³/mol. The van der Waals surface area contributed by atoms with Crippen molar-refractivity contribution in [2.45, 2.75) is 82.0 Å². The molecule has 2 aliphatic carbocycles. The average molecular weight is 330 g/mol. The van der Waals surface area contributed by atoms with E-state index in [9.17, 15) is 0 Å². The van der Waals surface area contributed by atoms with Crippen LogP contribution in [0.5, 0.6) is 0 Å². The molecule has 0 radical (unpaired) electrons. The molecule has 1 spiro atoms. The lowest BCUT2D eigenvalue weighted by Gasteiger charge is -2.39. The Morgan fingerprint density at radius 1 is 1.05 bits per heavy atom. The van der Waals surface area contributed by atoms with Crippen molar-refractivity contribution in [3.63, 3.8) is 0 Å². The number of nitrogens with zero attached hydrogens (tertiary/aromatic N) is 1. The Balaban J connectivity index is 1.50. The van der Waals surface area contributed by atoms with E-state index in [0.29, 0.717) is 11.7 Å². The van der Waals surface area contributed by atoms with Crippen LogP contribution in [0.4, 0.5) is 0 Å². The summed E-state index contributed by atoms with van der Waals surface area (Å²) in [6.07, 6.45) is 14.1. The Morgan fingerprint density at radius 2 is 1.84 bits per heavy atom. The van der Waals surface area contributed by atoms with Crippen molar-refractivity contribution in [3.05, 3.63) is 0 Å². The number of hydrogen-bond acceptors (Lipinski definition) is 2. The molecule has 3 aliphatic rings. The fraction of sp³-hybridized carbons (Fsp3) is 1.00. The summed E-state index contributed by atoms with van der Waals surface area (Å²) in [6.45, 7) is 2.45. The Labute approximate surface area is 126 Å². The molecule has 19 heavy (non-hydrogen) atoms. The van der Waals surface area contributed by atoms with Crippen LogP contribution in [0.25, 0.3) is 0 Å². The Kier molecular flexibility index (Phi) is 4.86. The largest absolute Gasteiger partial charge is 0.370 e. The Bertz CT molecular complexity index is 286. The van der Waals surface area contributed by atoms with E-state index in [1.807, 2.05) is 0 Å². The monoisotopic (exact) mass is 329 g/mol. The Morgan fingerprint density at radius 3 is 2.47 bits per heavy atom. The van der Waals surface area contributed by atoms with E-state index in [0.717, 1.165) is 11.4 Å². The second kappa shape index (κ2) is 6.44. The van der Waals surface area contributed by atoms with Gasteiger partial charge in [-0.15, -0.1) is 0 Å². The van der Waals surface area contributed by atoms with Crippen molar-refractivity contribution in [3.8, 4) is 0 Å². The molecule has 0 aromatic carbocycles. The first-order chi connectivity index (χ1) is 9.31. The highest BCUT2D eigenvalue weighted by Gasteiger charge is 2.42. The van der Waals surface area contributed by atoms with Crippen LogP contribution in [0, 0.1) is 0 Å². The summed E-state index contributed by atoms with van der Waals surface area (Å²) >= 11 is 3.57. The lowest BCUT2D eigenvalue weighted by molar-refractivity contribution is -0.0551. The van der Waals surface area contributed by atoms with E-state index in [-0.39, 0.29) is 0 Å². The summed E-state index contributed by atoms with van der Waals surface area (Å²) < 4.78 is 6.49. The van der Waals surface area contributed by atoms with Gasteiger partial charge in [-0.25, -0.2) is 0 Å². The second-order valence-corrected chi connectivity index (χ2v) is 7.58. The van der Waals surface area contributed by atoms with Gasteiger partial charge in [-0.3, -0.25) is 4.90 Å². The van der Waals surface area contributed by atoms with Crippen molar-refractivity contribution < 1.29 is 4.74 Å². The van der Waals surface area contributed by atoms with E-state index < -0.39 is 0 Å². The first-order valence-corrected chi connectivity index (χ1v) is 9.41. The molecule has 3 heteroatoms. The lowest BCUT2D eigenvalue weighted by Crippen LogP contribution is -2.45. The zero-order chi connectivity index (χ0) is 13.1. The highest BCUT2D eigenvalue weighted by Crippen LogP contribution is 2.43. The number of ether oxygens (including phenoxy) is 1. The molecule has 1 unspecified atom stereocenters. The third kappa shape index (κ3) is 3.36. The summed E-state index contributed by atoms with van der Waals surface area (Å²) in [5, 5.41) is 1.13. The minimum absolute atomic E-state index is 0.311. The molecule has 0 aromatic heterocycles. The van der Waals surface area contributed by atoms with Gasteiger partial charge in [0.25, 0.3) is 0 Å². The zero-order valence-corrected chi connectivity index (χ0v) is 13.7. The van der Waals surface area contributed by atoms with Gasteiger partial charge in [0.15, 0.2) is 0 Å². The maximum absolute atomic E-state index is 6.49. The third-order valence-corrected chi connectivity index (χ3v) is 6.02. The van der Waals surface area contributed by atoms with Crippen LogP contribution < -0.4 is 0 Å². The number of alkyl halides is 1. The van der Waals surface area contributed by atoms with E-state index >= 15 is 0 Å². The van der Waals surface area contributed by atoms with Crippen molar-refractivity contribution in [2.24, 2.45) is 0 Å². The SMILES string of the molecule is BrCCCN(CC1CCC2(CCCC2)O1)C1CCC1. The summed E-state index contributed by atoms with van der Waals surface area (Å²) in [6, 6.07) is 0.864. The zero-order valence-electron chi connectivity index (χ0n) is 12.1. The third-order valence-electron chi connectivity index (χ3n) is 5.46. The summed E-state index contributed by atoms with van der Waals surface area (Å²) in [5.41, 5.74) is 0.311. The second-order valence-electron chi connectivity index (χ2n) is 6.79. The lowest BCUT2D eigenvalue weighted by atomic mass is 9.91. The van der Waals surface area contributed by atoms with Crippen LogP contribution in [0.2, 0.25) is 0 Å². The molecule has 0 bridgehead atoms. The Hall–Kier alpha value is 0.400. The van der Waals surface area contributed by atoms with Gasteiger partial charge in [-0.2, -0.15) is 0 Å². The molecule has 0 N–H and O–H groups in total. The van der Waals surface area contributed by atoms with Crippen LogP contribution in [0.1, 0.15) is 64.2 Å². The van der Waals surface area contributed by atoms with Crippen LogP contribution in [-0.2, 0) is 4.74 Å². The van der Waals surface area contributed by atoms with Crippen molar-refractivity contribution >= 4 is 15.9 Å². The van der Waals surface area contributed by atoms with E-state index in [2.05, 4.69) is 20.8 Å². The number of halogens is 1. The molecule has 1 saturated heterocycles. The molecule has 0 aromatic rings.